The molecule has 0 fully saturated rings. The average Bonchev–Trinajstić information content (AvgIpc) is 3.35. The van der Waals surface area contributed by atoms with E-state index in [1.54, 1.807) is 12.3 Å². The number of phenols is 1. The van der Waals surface area contributed by atoms with Gasteiger partial charge in [0.2, 0.25) is 5.89 Å². The molecule has 6 heteroatoms. The third kappa shape index (κ3) is 5.44. The summed E-state index contributed by atoms with van der Waals surface area (Å²) in [5.74, 6) is 0.534. The maximum atomic E-state index is 10.8. The van der Waals surface area contributed by atoms with Gasteiger partial charge in [0, 0.05) is 50.6 Å². The second-order valence-corrected chi connectivity index (χ2v) is 12.4. The average molecular weight is 722 g/mol. The Hall–Kier alpha value is -3.82. The normalized spacial score (nSPS) is 12.0. The van der Waals surface area contributed by atoms with Crippen LogP contribution in [0, 0.1) is 6.07 Å². The summed E-state index contributed by atoms with van der Waals surface area (Å²) >= 11 is 0. The van der Waals surface area contributed by atoms with Crippen molar-refractivity contribution in [2.75, 3.05) is 0 Å². The summed E-state index contributed by atoms with van der Waals surface area (Å²) in [6.07, 6.45) is 5.46. The first-order valence-electron chi connectivity index (χ1n) is 13.5. The van der Waals surface area contributed by atoms with E-state index in [1.807, 2.05) is 54.9 Å². The van der Waals surface area contributed by atoms with E-state index in [4.69, 9.17) is 9.40 Å². The van der Waals surface area contributed by atoms with Crippen molar-refractivity contribution in [2.45, 2.75) is 52.4 Å². The molecule has 41 heavy (non-hydrogen) atoms. The van der Waals surface area contributed by atoms with Gasteiger partial charge in [-0.05, 0) is 51.8 Å². The van der Waals surface area contributed by atoms with E-state index in [0.717, 1.165) is 49.8 Å². The first-order valence-corrected chi connectivity index (χ1v) is 13.5. The van der Waals surface area contributed by atoms with Gasteiger partial charge in [0.1, 0.15) is 11.3 Å². The van der Waals surface area contributed by atoms with Gasteiger partial charge < -0.3 is 9.52 Å². The maximum Gasteiger partial charge on any atom is 0.230 e. The molecule has 1 N–H and O–H groups in total. The van der Waals surface area contributed by atoms with Gasteiger partial charge in [-0.15, -0.1) is 35.4 Å². The Morgan fingerprint density at radius 1 is 0.732 bits per heavy atom. The minimum Gasteiger partial charge on any atom is -0.507 e. The Kier molecular flexibility index (Phi) is 7.38. The summed E-state index contributed by atoms with van der Waals surface area (Å²) in [5, 5.41) is 11.8. The molecule has 0 unspecified atom stereocenters. The third-order valence-electron chi connectivity index (χ3n) is 7.34. The van der Waals surface area contributed by atoms with Crippen LogP contribution in [0.1, 0.15) is 52.7 Å². The molecule has 0 saturated carbocycles. The van der Waals surface area contributed by atoms with Crippen molar-refractivity contribution in [2.24, 2.45) is 0 Å². The summed E-state index contributed by atoms with van der Waals surface area (Å²) in [6.45, 7) is 13.0. The quantitative estimate of drug-likeness (QED) is 0.185. The Morgan fingerprint density at radius 2 is 1.44 bits per heavy atom. The molecule has 0 atom stereocenters. The van der Waals surface area contributed by atoms with E-state index >= 15 is 0 Å². The number of hydrogen-bond donors (Lipinski definition) is 1. The molecule has 6 aromatic rings. The molecule has 3 heterocycles. The Balaban J connectivity index is 0.00000337. The van der Waals surface area contributed by atoms with E-state index in [-0.39, 0.29) is 37.6 Å². The number of rotatable bonds is 3. The number of aromatic hydroxyl groups is 1. The van der Waals surface area contributed by atoms with Crippen molar-refractivity contribution in [3.8, 4) is 39.5 Å². The zero-order chi connectivity index (χ0) is 28.2. The molecule has 210 valence electrons. The van der Waals surface area contributed by atoms with Gasteiger partial charge in [-0.2, -0.15) is 0 Å². The first kappa shape index (κ1) is 28.7. The molecule has 0 aliphatic carbocycles. The molecule has 0 saturated heterocycles. The fraction of sp³-hybridized carbons (Fsp3) is 0.229. The fourth-order valence-electron chi connectivity index (χ4n) is 4.94. The van der Waals surface area contributed by atoms with E-state index in [0.29, 0.717) is 17.0 Å². The SMILES string of the molecule is CC(C)(C)c1ccc(O)c(-c2nc3c(-c4[c-]c(-c5cncc6cccnc56)ccc4)cc(C(C)(C)C)cc3o2)c1.[Pt]. The monoisotopic (exact) mass is 721 g/mol. The molecule has 0 radical (unpaired) electrons. The molecule has 0 aliphatic rings. The molecule has 0 amide bonds. The summed E-state index contributed by atoms with van der Waals surface area (Å²) in [7, 11) is 0. The summed E-state index contributed by atoms with van der Waals surface area (Å²) in [5.41, 5.74) is 8.53. The maximum absolute atomic E-state index is 10.8. The Labute approximate surface area is 255 Å². The molecule has 6 rings (SSSR count). The predicted molar refractivity (Wildman–Crippen MR) is 161 cm³/mol. The number of pyridine rings is 2. The minimum absolute atomic E-state index is 0. The van der Waals surface area contributed by atoms with Crippen LogP contribution in [0.15, 0.2) is 83.7 Å². The van der Waals surface area contributed by atoms with Crippen molar-refractivity contribution in [1.82, 2.24) is 15.0 Å². The topological polar surface area (TPSA) is 72.0 Å². The second-order valence-electron chi connectivity index (χ2n) is 12.4. The zero-order valence-electron chi connectivity index (χ0n) is 24.0. The molecule has 0 spiro atoms. The van der Waals surface area contributed by atoms with Gasteiger partial charge in [-0.3, -0.25) is 9.97 Å². The molecule has 3 aromatic carbocycles. The van der Waals surface area contributed by atoms with Crippen LogP contribution in [0.3, 0.4) is 0 Å². The van der Waals surface area contributed by atoms with Crippen LogP contribution in [0.5, 0.6) is 5.75 Å². The van der Waals surface area contributed by atoms with Gasteiger partial charge in [0.15, 0.2) is 0 Å². The number of benzene rings is 3. The summed E-state index contributed by atoms with van der Waals surface area (Å²) < 4.78 is 6.37. The molecule has 3 aromatic heterocycles. The number of phenolic OH excluding ortho intramolecular Hbond substituents is 1. The predicted octanol–water partition coefficient (Wildman–Crippen LogP) is 8.87. The van der Waals surface area contributed by atoms with E-state index in [9.17, 15) is 5.11 Å². The van der Waals surface area contributed by atoms with Gasteiger partial charge in [-0.25, -0.2) is 4.98 Å². The van der Waals surface area contributed by atoms with Crippen molar-refractivity contribution >= 4 is 22.0 Å². The number of hydrogen-bond acceptors (Lipinski definition) is 5. The minimum atomic E-state index is -0.120. The second kappa shape index (κ2) is 10.5. The van der Waals surface area contributed by atoms with Crippen LogP contribution in [0.25, 0.3) is 55.7 Å². The number of oxazole rings is 1. The van der Waals surface area contributed by atoms with E-state index in [2.05, 4.69) is 69.7 Å². The fourth-order valence-corrected chi connectivity index (χ4v) is 4.94. The van der Waals surface area contributed by atoms with E-state index < -0.39 is 0 Å². The van der Waals surface area contributed by atoms with Gasteiger partial charge in [-0.1, -0.05) is 65.3 Å². The van der Waals surface area contributed by atoms with Crippen molar-refractivity contribution < 1.29 is 30.6 Å². The zero-order valence-corrected chi connectivity index (χ0v) is 26.3. The van der Waals surface area contributed by atoms with Crippen LogP contribution in [0.4, 0.5) is 0 Å². The molecule has 5 nitrogen and oxygen atoms in total. The summed E-state index contributed by atoms with van der Waals surface area (Å²) in [4.78, 5) is 14.0. The number of fused-ring (bicyclic) bond motifs is 2. The van der Waals surface area contributed by atoms with Crippen LogP contribution in [-0.2, 0) is 31.9 Å². The standard InChI is InChI=1S/C35H32N3O2.Pt/c1-34(2,3)24-12-13-29(39)27(16-24)33-38-32-26(17-25(35(4,5)6)18-30(32)40-33)21-9-7-10-22(15-21)28-20-36-19-23-11-8-14-37-31(23)28;/h7-14,16-20,39H,1-6H3;/q-1;. The Morgan fingerprint density at radius 3 is 2.17 bits per heavy atom. The van der Waals surface area contributed by atoms with Gasteiger partial charge in [0.05, 0.1) is 11.1 Å². The van der Waals surface area contributed by atoms with E-state index in [1.165, 1.54) is 0 Å². The number of nitrogens with zero attached hydrogens (tertiary/aromatic N) is 3. The third-order valence-corrected chi connectivity index (χ3v) is 7.34. The molecule has 0 aliphatic heterocycles. The summed E-state index contributed by atoms with van der Waals surface area (Å²) in [6, 6.07) is 23.5. The van der Waals surface area contributed by atoms with Crippen LogP contribution < -0.4 is 0 Å². The molecule has 0 bridgehead atoms. The Bertz CT molecular complexity index is 1890. The molecular weight excluding hydrogens is 689 g/mol. The van der Waals surface area contributed by atoms with Gasteiger partial charge >= 0.3 is 0 Å². The van der Waals surface area contributed by atoms with Crippen LogP contribution in [0.2, 0.25) is 0 Å². The van der Waals surface area contributed by atoms with Crippen molar-refractivity contribution in [1.29, 1.82) is 0 Å². The molecular formula is C35H32N3O2Pt-. The van der Waals surface area contributed by atoms with Gasteiger partial charge in [0.25, 0.3) is 0 Å². The smallest absolute Gasteiger partial charge is 0.230 e. The van der Waals surface area contributed by atoms with Crippen LogP contribution in [-0.4, -0.2) is 20.1 Å². The number of aromatic nitrogens is 3. The van der Waals surface area contributed by atoms with Crippen molar-refractivity contribution in [3.63, 3.8) is 0 Å². The largest absolute Gasteiger partial charge is 0.507 e. The van der Waals surface area contributed by atoms with Crippen LogP contribution >= 0.6 is 0 Å². The first-order chi connectivity index (χ1) is 19.0. The van der Waals surface area contributed by atoms with Crippen molar-refractivity contribution in [3.05, 3.63) is 96.4 Å².